The van der Waals surface area contributed by atoms with Crippen molar-refractivity contribution in [3.8, 4) is 11.3 Å². The largest absolute Gasteiger partial charge is 0.311 e. The first kappa shape index (κ1) is 20.6. The zero-order chi connectivity index (χ0) is 20.2. The summed E-state index contributed by atoms with van der Waals surface area (Å²) in [6, 6.07) is 10.5. The number of benzene rings is 1. The van der Waals surface area contributed by atoms with Crippen molar-refractivity contribution in [2.24, 2.45) is 0 Å². The lowest BCUT2D eigenvalue weighted by atomic mass is 9.93. The number of piperidine rings is 1. The Morgan fingerprint density at radius 3 is 2.24 bits per heavy atom. The van der Waals surface area contributed by atoms with E-state index in [9.17, 15) is 0 Å². The van der Waals surface area contributed by atoms with Crippen molar-refractivity contribution in [3.63, 3.8) is 0 Å². The van der Waals surface area contributed by atoms with Gasteiger partial charge in [0.05, 0.1) is 5.69 Å². The molecule has 0 atom stereocenters. The average molecular weight is 392 g/mol. The van der Waals surface area contributed by atoms with E-state index >= 15 is 0 Å². The number of nitrogens with one attached hydrogen (secondary N) is 1. The standard InChI is InChI=1S/C26H37N3/c1-19-15-23(16-20(2)21(19)3)26-17-22(9-12-27-26)18-29-13-10-25(11-14-29)28-24-7-5-4-6-8-24/h9,12,15-17,24-25,28H,4-8,10-11,13-14,18H2,1-3H3. The maximum Gasteiger partial charge on any atom is 0.0705 e. The summed E-state index contributed by atoms with van der Waals surface area (Å²) in [5.74, 6) is 0. The minimum atomic E-state index is 0.723. The molecule has 3 heteroatoms. The van der Waals surface area contributed by atoms with Crippen molar-refractivity contribution in [2.75, 3.05) is 13.1 Å². The van der Waals surface area contributed by atoms with Crippen molar-refractivity contribution in [3.05, 3.63) is 52.7 Å². The molecular formula is C26H37N3. The van der Waals surface area contributed by atoms with E-state index in [2.05, 4.69) is 60.2 Å². The van der Waals surface area contributed by atoms with Crippen LogP contribution < -0.4 is 5.32 Å². The van der Waals surface area contributed by atoms with E-state index in [1.54, 1.807) is 0 Å². The number of aromatic nitrogens is 1. The third-order valence-corrected chi connectivity index (χ3v) is 7.12. The second kappa shape index (κ2) is 9.40. The molecule has 1 aliphatic heterocycles. The maximum absolute atomic E-state index is 4.66. The molecule has 2 fully saturated rings. The summed E-state index contributed by atoms with van der Waals surface area (Å²) in [7, 11) is 0. The van der Waals surface area contributed by atoms with Gasteiger partial charge in [-0.05, 0) is 106 Å². The van der Waals surface area contributed by atoms with E-state index in [0.29, 0.717) is 0 Å². The second-order valence-corrected chi connectivity index (χ2v) is 9.34. The Hall–Kier alpha value is -1.71. The highest BCUT2D eigenvalue weighted by atomic mass is 15.1. The highest BCUT2D eigenvalue weighted by molar-refractivity contribution is 5.63. The summed E-state index contributed by atoms with van der Waals surface area (Å²) in [5, 5.41) is 3.95. The summed E-state index contributed by atoms with van der Waals surface area (Å²) in [6.07, 6.45) is 11.6. The highest BCUT2D eigenvalue weighted by Crippen LogP contribution is 2.25. The SMILES string of the molecule is Cc1cc(-c2cc(CN3CCC(NC4CCCCC4)CC3)ccn2)cc(C)c1C. The van der Waals surface area contributed by atoms with Crippen molar-refractivity contribution in [1.82, 2.24) is 15.2 Å². The van der Waals surface area contributed by atoms with Crippen LogP contribution >= 0.6 is 0 Å². The fourth-order valence-corrected chi connectivity index (χ4v) is 5.03. The van der Waals surface area contributed by atoms with E-state index in [-0.39, 0.29) is 0 Å². The first-order valence-electron chi connectivity index (χ1n) is 11.6. The van der Waals surface area contributed by atoms with Crippen LogP contribution in [0, 0.1) is 20.8 Å². The van der Waals surface area contributed by atoms with Gasteiger partial charge in [0.1, 0.15) is 0 Å². The van der Waals surface area contributed by atoms with Crippen molar-refractivity contribution < 1.29 is 0 Å². The van der Waals surface area contributed by atoms with Gasteiger partial charge in [-0.2, -0.15) is 0 Å². The first-order valence-corrected chi connectivity index (χ1v) is 11.6. The smallest absolute Gasteiger partial charge is 0.0705 e. The molecule has 156 valence electrons. The van der Waals surface area contributed by atoms with Gasteiger partial charge < -0.3 is 5.32 Å². The quantitative estimate of drug-likeness (QED) is 0.723. The van der Waals surface area contributed by atoms with Gasteiger partial charge in [0.15, 0.2) is 0 Å². The van der Waals surface area contributed by atoms with Gasteiger partial charge in [-0.1, -0.05) is 19.3 Å². The molecule has 1 N–H and O–H groups in total. The molecule has 1 aromatic heterocycles. The van der Waals surface area contributed by atoms with Crippen LogP contribution in [0.2, 0.25) is 0 Å². The molecular weight excluding hydrogens is 354 g/mol. The zero-order valence-electron chi connectivity index (χ0n) is 18.5. The monoisotopic (exact) mass is 391 g/mol. The molecule has 1 saturated heterocycles. The zero-order valence-corrected chi connectivity index (χ0v) is 18.5. The molecule has 29 heavy (non-hydrogen) atoms. The number of pyridine rings is 1. The fourth-order valence-electron chi connectivity index (χ4n) is 5.03. The van der Waals surface area contributed by atoms with Crippen molar-refractivity contribution in [1.29, 1.82) is 0 Å². The molecule has 0 bridgehead atoms. The number of hydrogen-bond donors (Lipinski definition) is 1. The third-order valence-electron chi connectivity index (χ3n) is 7.12. The maximum atomic E-state index is 4.66. The molecule has 1 aromatic carbocycles. The van der Waals surface area contributed by atoms with Gasteiger partial charge >= 0.3 is 0 Å². The van der Waals surface area contributed by atoms with Crippen molar-refractivity contribution >= 4 is 0 Å². The number of aryl methyl sites for hydroxylation is 2. The van der Waals surface area contributed by atoms with Crippen LogP contribution in [0.4, 0.5) is 0 Å². The Morgan fingerprint density at radius 1 is 0.897 bits per heavy atom. The van der Waals surface area contributed by atoms with Gasteiger partial charge in [-0.15, -0.1) is 0 Å². The summed E-state index contributed by atoms with van der Waals surface area (Å²) < 4.78 is 0. The number of likely N-dealkylation sites (tertiary alicyclic amines) is 1. The highest BCUT2D eigenvalue weighted by Gasteiger charge is 2.22. The van der Waals surface area contributed by atoms with Crippen LogP contribution in [-0.2, 0) is 6.54 Å². The average Bonchev–Trinajstić information content (AvgIpc) is 2.74. The van der Waals surface area contributed by atoms with E-state index < -0.39 is 0 Å². The lowest BCUT2D eigenvalue weighted by Crippen LogP contribution is -2.46. The minimum Gasteiger partial charge on any atom is -0.311 e. The first-order chi connectivity index (χ1) is 14.1. The number of hydrogen-bond acceptors (Lipinski definition) is 3. The van der Waals surface area contributed by atoms with Crippen LogP contribution in [0.3, 0.4) is 0 Å². The van der Waals surface area contributed by atoms with E-state index in [0.717, 1.165) is 24.3 Å². The lowest BCUT2D eigenvalue weighted by Gasteiger charge is -2.35. The molecule has 0 amide bonds. The van der Waals surface area contributed by atoms with Crippen molar-refractivity contribution in [2.45, 2.75) is 84.3 Å². The number of rotatable bonds is 5. The van der Waals surface area contributed by atoms with Gasteiger partial charge in [0.25, 0.3) is 0 Å². The third kappa shape index (κ3) is 5.26. The normalized spacial score (nSPS) is 19.6. The van der Waals surface area contributed by atoms with Gasteiger partial charge in [0, 0.05) is 30.4 Å². The molecule has 2 aromatic rings. The Bertz CT molecular complexity index is 791. The Balaban J connectivity index is 1.34. The summed E-state index contributed by atoms with van der Waals surface area (Å²) >= 11 is 0. The van der Waals surface area contributed by atoms with Crippen LogP contribution in [-0.4, -0.2) is 35.1 Å². The molecule has 2 heterocycles. The number of nitrogens with zero attached hydrogens (tertiary/aromatic N) is 2. The summed E-state index contributed by atoms with van der Waals surface area (Å²) in [4.78, 5) is 7.28. The van der Waals surface area contributed by atoms with Crippen LogP contribution in [0.25, 0.3) is 11.3 Å². The minimum absolute atomic E-state index is 0.723. The van der Waals surface area contributed by atoms with E-state index in [1.165, 1.54) is 85.9 Å². The predicted molar refractivity (Wildman–Crippen MR) is 122 cm³/mol. The molecule has 2 aliphatic rings. The summed E-state index contributed by atoms with van der Waals surface area (Å²) in [5.41, 5.74) is 7.80. The topological polar surface area (TPSA) is 28.2 Å². The summed E-state index contributed by atoms with van der Waals surface area (Å²) in [6.45, 7) is 10.0. The molecule has 1 aliphatic carbocycles. The lowest BCUT2D eigenvalue weighted by molar-refractivity contribution is 0.178. The van der Waals surface area contributed by atoms with Crippen LogP contribution in [0.15, 0.2) is 30.5 Å². The Morgan fingerprint density at radius 2 is 1.55 bits per heavy atom. The van der Waals surface area contributed by atoms with Gasteiger partial charge in [0.2, 0.25) is 0 Å². The molecule has 4 rings (SSSR count). The van der Waals surface area contributed by atoms with Crippen LogP contribution in [0.1, 0.15) is 67.2 Å². The Kier molecular flexibility index (Phi) is 6.67. The molecule has 1 saturated carbocycles. The molecule has 0 spiro atoms. The van der Waals surface area contributed by atoms with Crippen LogP contribution in [0.5, 0.6) is 0 Å². The predicted octanol–water partition coefficient (Wildman–Crippen LogP) is 5.56. The van der Waals surface area contributed by atoms with E-state index in [4.69, 9.17) is 0 Å². The van der Waals surface area contributed by atoms with Gasteiger partial charge in [-0.3, -0.25) is 9.88 Å². The van der Waals surface area contributed by atoms with E-state index in [1.807, 2.05) is 6.20 Å². The molecule has 0 unspecified atom stereocenters. The Labute approximate surface area is 176 Å². The van der Waals surface area contributed by atoms with Gasteiger partial charge in [-0.25, -0.2) is 0 Å². The second-order valence-electron chi connectivity index (χ2n) is 9.34. The molecule has 0 radical (unpaired) electrons. The molecule has 3 nitrogen and oxygen atoms in total. The fraction of sp³-hybridized carbons (Fsp3) is 0.577.